The molecule has 0 spiro atoms. The van der Waals surface area contributed by atoms with Crippen molar-refractivity contribution in [1.29, 1.82) is 0 Å². The molecule has 2 heterocycles. The van der Waals surface area contributed by atoms with Crippen molar-refractivity contribution >= 4 is 53.3 Å². The maximum Gasteiger partial charge on any atom is 0.0502 e. The number of benzene rings is 4. The molecule has 0 aliphatic rings. The second kappa shape index (κ2) is 6.20. The molecular weight excluding hydrogens is 382 g/mol. The molecule has 0 aliphatic heterocycles. The highest BCUT2D eigenvalue weighted by Gasteiger charge is 2.20. The molecule has 30 heavy (non-hydrogen) atoms. The van der Waals surface area contributed by atoms with E-state index in [1.165, 1.54) is 53.1 Å². The number of rotatable bonds is 1. The molecule has 1 nitrogen and oxygen atoms in total. The Morgan fingerprint density at radius 3 is 1.97 bits per heavy atom. The van der Waals surface area contributed by atoms with E-state index in [2.05, 4.69) is 110 Å². The first-order valence-corrected chi connectivity index (χ1v) is 11.3. The smallest absolute Gasteiger partial charge is 0.0502 e. The van der Waals surface area contributed by atoms with Crippen LogP contribution in [0.5, 0.6) is 0 Å². The van der Waals surface area contributed by atoms with Crippen LogP contribution in [0.3, 0.4) is 0 Å². The SMILES string of the molecule is CC(C)(C)n1c2ccccc2c2ccc(-c3ccc4c(c3)sc3ccccc34)cc21. The van der Waals surface area contributed by atoms with E-state index in [-0.39, 0.29) is 5.54 Å². The van der Waals surface area contributed by atoms with Crippen LogP contribution < -0.4 is 0 Å². The van der Waals surface area contributed by atoms with Gasteiger partial charge in [0.15, 0.2) is 0 Å². The van der Waals surface area contributed by atoms with E-state index in [1.54, 1.807) is 0 Å². The lowest BCUT2D eigenvalue weighted by molar-refractivity contribution is 0.423. The first-order valence-electron chi connectivity index (χ1n) is 10.5. The van der Waals surface area contributed by atoms with Gasteiger partial charge >= 0.3 is 0 Å². The Kier molecular flexibility index (Phi) is 3.66. The Morgan fingerprint density at radius 1 is 0.567 bits per heavy atom. The molecule has 0 atom stereocenters. The van der Waals surface area contributed by atoms with Gasteiger partial charge in [0.25, 0.3) is 0 Å². The van der Waals surface area contributed by atoms with E-state index < -0.39 is 0 Å². The van der Waals surface area contributed by atoms with E-state index in [1.807, 2.05) is 11.3 Å². The molecule has 6 aromatic rings. The second-order valence-electron chi connectivity index (χ2n) is 9.06. The summed E-state index contributed by atoms with van der Waals surface area (Å²) in [6, 6.07) is 31.3. The Hall–Kier alpha value is -3.10. The van der Waals surface area contributed by atoms with Gasteiger partial charge in [-0.1, -0.05) is 60.7 Å². The molecule has 4 aromatic carbocycles. The number of nitrogens with zero attached hydrogens (tertiary/aromatic N) is 1. The summed E-state index contributed by atoms with van der Waals surface area (Å²) in [5.41, 5.74) is 5.17. The predicted octanol–water partition coefficient (Wildman–Crippen LogP) is 8.58. The number of aromatic nitrogens is 1. The minimum atomic E-state index is 0.00933. The van der Waals surface area contributed by atoms with E-state index in [0.717, 1.165) is 0 Å². The fourth-order valence-corrected chi connectivity index (χ4v) is 5.92. The third kappa shape index (κ3) is 2.54. The maximum absolute atomic E-state index is 2.49. The van der Waals surface area contributed by atoms with Crippen molar-refractivity contribution in [3.05, 3.63) is 84.9 Å². The van der Waals surface area contributed by atoms with E-state index in [9.17, 15) is 0 Å². The molecule has 6 rings (SSSR count). The van der Waals surface area contributed by atoms with Crippen molar-refractivity contribution < 1.29 is 0 Å². The van der Waals surface area contributed by atoms with Crippen molar-refractivity contribution in [3.63, 3.8) is 0 Å². The van der Waals surface area contributed by atoms with Crippen molar-refractivity contribution in [2.24, 2.45) is 0 Å². The highest BCUT2D eigenvalue weighted by Crippen LogP contribution is 2.39. The lowest BCUT2D eigenvalue weighted by Gasteiger charge is -2.24. The molecule has 0 saturated carbocycles. The third-order valence-electron chi connectivity index (χ3n) is 6.06. The molecule has 146 valence electrons. The lowest BCUT2D eigenvalue weighted by atomic mass is 10.0. The van der Waals surface area contributed by atoms with Crippen LogP contribution in [0, 0.1) is 0 Å². The Labute approximate surface area is 180 Å². The Balaban J connectivity index is 1.61. The zero-order chi connectivity index (χ0) is 20.5. The van der Waals surface area contributed by atoms with Crippen LogP contribution in [0.4, 0.5) is 0 Å². The summed E-state index contributed by atoms with van der Waals surface area (Å²) < 4.78 is 5.19. The third-order valence-corrected chi connectivity index (χ3v) is 7.19. The molecule has 0 aliphatic carbocycles. The van der Waals surface area contributed by atoms with Crippen molar-refractivity contribution in [2.45, 2.75) is 26.3 Å². The highest BCUT2D eigenvalue weighted by atomic mass is 32.1. The van der Waals surface area contributed by atoms with Gasteiger partial charge in [-0.3, -0.25) is 0 Å². The topological polar surface area (TPSA) is 4.93 Å². The summed E-state index contributed by atoms with van der Waals surface area (Å²) >= 11 is 1.88. The number of hydrogen-bond acceptors (Lipinski definition) is 1. The van der Waals surface area contributed by atoms with Crippen LogP contribution in [0.25, 0.3) is 53.1 Å². The molecule has 0 bridgehead atoms. The van der Waals surface area contributed by atoms with Crippen LogP contribution in [0.1, 0.15) is 20.8 Å². The molecule has 0 radical (unpaired) electrons. The number of thiophene rings is 1. The van der Waals surface area contributed by atoms with E-state index in [0.29, 0.717) is 0 Å². The predicted molar refractivity (Wildman–Crippen MR) is 133 cm³/mol. The summed E-state index contributed by atoms with van der Waals surface area (Å²) in [6.45, 7) is 6.86. The van der Waals surface area contributed by atoms with Crippen LogP contribution in [0.15, 0.2) is 84.9 Å². The average molecular weight is 406 g/mol. The van der Waals surface area contributed by atoms with Gasteiger partial charge in [-0.25, -0.2) is 0 Å². The van der Waals surface area contributed by atoms with Gasteiger partial charge in [-0.05, 0) is 56.2 Å². The normalized spacial score (nSPS) is 12.5. The zero-order valence-corrected chi connectivity index (χ0v) is 18.3. The number of para-hydroxylation sites is 1. The van der Waals surface area contributed by atoms with Gasteiger partial charge in [-0.2, -0.15) is 0 Å². The van der Waals surface area contributed by atoms with Crippen LogP contribution in [-0.2, 0) is 5.54 Å². The van der Waals surface area contributed by atoms with Crippen LogP contribution in [-0.4, -0.2) is 4.57 Å². The summed E-state index contributed by atoms with van der Waals surface area (Å²) in [6.07, 6.45) is 0. The molecule has 2 heteroatoms. The molecule has 2 aromatic heterocycles. The minimum absolute atomic E-state index is 0.00933. The summed E-state index contributed by atoms with van der Waals surface area (Å²) in [7, 11) is 0. The van der Waals surface area contributed by atoms with Crippen molar-refractivity contribution in [3.8, 4) is 11.1 Å². The largest absolute Gasteiger partial charge is 0.335 e. The monoisotopic (exact) mass is 405 g/mol. The number of fused-ring (bicyclic) bond motifs is 6. The minimum Gasteiger partial charge on any atom is -0.335 e. The van der Waals surface area contributed by atoms with Gasteiger partial charge in [0.1, 0.15) is 0 Å². The second-order valence-corrected chi connectivity index (χ2v) is 10.1. The molecule has 0 amide bonds. The molecular formula is C28H23NS. The Morgan fingerprint density at radius 2 is 1.17 bits per heavy atom. The fraction of sp³-hybridized carbons (Fsp3) is 0.143. The summed E-state index contributed by atoms with van der Waals surface area (Å²) in [4.78, 5) is 0. The van der Waals surface area contributed by atoms with E-state index >= 15 is 0 Å². The number of hydrogen-bond donors (Lipinski definition) is 0. The van der Waals surface area contributed by atoms with Crippen LogP contribution >= 0.6 is 11.3 Å². The van der Waals surface area contributed by atoms with Gasteiger partial charge in [0, 0.05) is 42.0 Å². The molecule has 0 unspecified atom stereocenters. The van der Waals surface area contributed by atoms with Gasteiger partial charge in [-0.15, -0.1) is 11.3 Å². The Bertz CT molecular complexity index is 1570. The molecule has 0 N–H and O–H groups in total. The summed E-state index contributed by atoms with van der Waals surface area (Å²) in [5.74, 6) is 0. The standard InChI is InChI=1S/C28H23NS/c1-28(2,3)29-24-10-6-4-8-20(24)21-14-12-18(16-25(21)29)19-13-15-23-22-9-5-7-11-26(22)30-27(23)17-19/h4-17H,1-3H3. The quantitative estimate of drug-likeness (QED) is 0.258. The lowest BCUT2D eigenvalue weighted by Crippen LogP contribution is -2.21. The van der Waals surface area contributed by atoms with Crippen molar-refractivity contribution in [1.82, 2.24) is 4.57 Å². The first kappa shape index (κ1) is 17.7. The molecule has 0 saturated heterocycles. The molecule has 0 fully saturated rings. The average Bonchev–Trinajstić information content (AvgIpc) is 3.28. The highest BCUT2D eigenvalue weighted by molar-refractivity contribution is 7.25. The van der Waals surface area contributed by atoms with E-state index in [4.69, 9.17) is 0 Å². The fourth-order valence-electron chi connectivity index (χ4n) is 4.78. The van der Waals surface area contributed by atoms with Gasteiger partial charge in [0.2, 0.25) is 0 Å². The zero-order valence-electron chi connectivity index (χ0n) is 17.4. The van der Waals surface area contributed by atoms with Crippen molar-refractivity contribution in [2.75, 3.05) is 0 Å². The van der Waals surface area contributed by atoms with Gasteiger partial charge in [0.05, 0.1) is 5.52 Å². The van der Waals surface area contributed by atoms with Gasteiger partial charge < -0.3 is 4.57 Å². The van der Waals surface area contributed by atoms with Crippen LogP contribution in [0.2, 0.25) is 0 Å². The maximum atomic E-state index is 2.49. The first-order chi connectivity index (χ1) is 14.5. The summed E-state index contributed by atoms with van der Waals surface area (Å²) in [5, 5.41) is 5.36.